The van der Waals surface area contributed by atoms with Crippen LogP contribution in [-0.4, -0.2) is 45.5 Å². The fraction of sp³-hybridized carbons (Fsp3) is 0.500. The highest BCUT2D eigenvalue weighted by Crippen LogP contribution is 2.32. The fourth-order valence-electron chi connectivity index (χ4n) is 4.45. The molecule has 0 saturated carbocycles. The molecule has 4 heterocycles. The zero-order chi connectivity index (χ0) is 22.1. The molecule has 2 aliphatic heterocycles. The monoisotopic (exact) mass is 464 g/mol. The van der Waals surface area contributed by atoms with Gasteiger partial charge in [-0.15, -0.1) is 0 Å². The van der Waals surface area contributed by atoms with Gasteiger partial charge in [-0.3, -0.25) is 14.6 Å². The Labute approximate surface area is 191 Å². The molecule has 2 aromatic heterocycles. The van der Waals surface area contributed by atoms with Crippen molar-refractivity contribution in [1.82, 2.24) is 19.8 Å². The van der Waals surface area contributed by atoms with Crippen LogP contribution in [0.4, 0.5) is 0 Å². The molecule has 4 rings (SSSR count). The van der Waals surface area contributed by atoms with Gasteiger partial charge in [-0.2, -0.15) is 0 Å². The lowest BCUT2D eigenvalue weighted by molar-refractivity contribution is 0.0683. The first-order valence-electron chi connectivity index (χ1n) is 10.6. The summed E-state index contributed by atoms with van der Waals surface area (Å²) in [5.74, 6) is -0.307. The van der Waals surface area contributed by atoms with Crippen LogP contribution in [0.2, 0.25) is 10.0 Å². The maximum atomic E-state index is 13.3. The molecule has 1 N–H and O–H groups in total. The molecule has 0 aromatic carbocycles. The summed E-state index contributed by atoms with van der Waals surface area (Å²) in [6.45, 7) is 6.11. The number of hydrogen-bond donors (Lipinski definition) is 1. The summed E-state index contributed by atoms with van der Waals surface area (Å²) in [6, 6.07) is 1.53. The Kier molecular flexibility index (Phi) is 6.55. The Bertz CT molecular complexity index is 987. The number of amides is 2. The second kappa shape index (κ2) is 9.18. The first-order valence-corrected chi connectivity index (χ1v) is 11.4. The molecule has 0 spiro atoms. The van der Waals surface area contributed by atoms with Crippen molar-refractivity contribution in [1.29, 1.82) is 0 Å². The van der Waals surface area contributed by atoms with Crippen molar-refractivity contribution < 1.29 is 14.3 Å². The summed E-state index contributed by atoms with van der Waals surface area (Å²) in [5, 5.41) is 3.84. The van der Waals surface area contributed by atoms with Crippen molar-refractivity contribution in [2.45, 2.75) is 58.3 Å². The number of rotatable bonds is 5. The van der Waals surface area contributed by atoms with E-state index in [0.717, 1.165) is 25.1 Å². The van der Waals surface area contributed by atoms with Gasteiger partial charge in [-0.05, 0) is 32.3 Å². The van der Waals surface area contributed by atoms with Gasteiger partial charge in [-0.25, -0.2) is 0 Å². The van der Waals surface area contributed by atoms with E-state index in [2.05, 4.69) is 17.2 Å². The van der Waals surface area contributed by atoms with Crippen LogP contribution in [0, 0.1) is 0 Å². The lowest BCUT2D eigenvalue weighted by Gasteiger charge is -2.24. The normalized spacial score (nSPS) is 19.2. The van der Waals surface area contributed by atoms with Crippen LogP contribution in [0.1, 0.15) is 71.3 Å². The van der Waals surface area contributed by atoms with Crippen LogP contribution >= 0.6 is 23.2 Å². The van der Waals surface area contributed by atoms with Crippen molar-refractivity contribution in [2.75, 3.05) is 13.2 Å². The summed E-state index contributed by atoms with van der Waals surface area (Å²) >= 11 is 12.6. The van der Waals surface area contributed by atoms with E-state index in [4.69, 9.17) is 27.9 Å². The molecule has 2 amide bonds. The number of ether oxygens (including phenoxy) is 1. The van der Waals surface area contributed by atoms with Crippen LogP contribution in [0.25, 0.3) is 0 Å². The van der Waals surface area contributed by atoms with Crippen LogP contribution in [-0.2, 0) is 17.9 Å². The molecule has 0 radical (unpaired) electrons. The molecule has 0 aliphatic carbocycles. The first-order chi connectivity index (χ1) is 14.9. The molecule has 1 saturated heterocycles. The molecule has 2 aromatic rings. The number of aromatic nitrogens is 2. The molecule has 2 aliphatic rings. The Morgan fingerprint density at radius 2 is 2.03 bits per heavy atom. The largest absolute Gasteiger partial charge is 0.373 e. The molecule has 1 fully saturated rings. The van der Waals surface area contributed by atoms with Crippen LogP contribution < -0.4 is 5.32 Å². The van der Waals surface area contributed by atoms with E-state index >= 15 is 0 Å². The number of nitrogens with one attached hydrogen (secondary N) is 1. The summed E-state index contributed by atoms with van der Waals surface area (Å²) in [5.41, 5.74) is 2.36. The van der Waals surface area contributed by atoms with Gasteiger partial charge in [0.1, 0.15) is 5.69 Å². The lowest BCUT2D eigenvalue weighted by Crippen LogP contribution is -2.35. The topological polar surface area (TPSA) is 76.5 Å². The number of nitrogens with zero attached hydrogens (tertiary/aromatic N) is 3. The van der Waals surface area contributed by atoms with Crippen LogP contribution in [0.5, 0.6) is 0 Å². The van der Waals surface area contributed by atoms with Crippen molar-refractivity contribution in [3.63, 3.8) is 0 Å². The van der Waals surface area contributed by atoms with E-state index in [0.29, 0.717) is 53.0 Å². The van der Waals surface area contributed by atoms with Gasteiger partial charge in [0, 0.05) is 37.1 Å². The highest BCUT2D eigenvalue weighted by molar-refractivity contribution is 6.35. The minimum Gasteiger partial charge on any atom is -0.373 e. The average molecular weight is 465 g/mol. The third-order valence-corrected chi connectivity index (χ3v) is 6.74. The Hall–Kier alpha value is -2.09. The molecule has 0 bridgehead atoms. The van der Waals surface area contributed by atoms with Gasteiger partial charge in [0.15, 0.2) is 0 Å². The Balaban J connectivity index is 1.65. The maximum absolute atomic E-state index is 13.3. The predicted octanol–water partition coefficient (Wildman–Crippen LogP) is 4.23. The lowest BCUT2D eigenvalue weighted by atomic mass is 10.0. The number of hydrogen-bond acceptors (Lipinski definition) is 4. The standard InChI is InChI=1S/C22H26Cl2N4O3/c1-3-17(20-15(23)10-25-11-16(20)24)26-21(29)14-9-18(28-7-8-31-12-19(14)28)22(30)27-6-4-5-13(27)2/h9-11,13,17H,3-8,12H2,1-2H3,(H,26,29). The number of carbonyl (C=O) groups excluding carboxylic acids is 2. The molecule has 2 atom stereocenters. The fourth-order valence-corrected chi connectivity index (χ4v) is 5.08. The molecule has 31 heavy (non-hydrogen) atoms. The zero-order valence-corrected chi connectivity index (χ0v) is 19.2. The zero-order valence-electron chi connectivity index (χ0n) is 17.7. The van der Waals surface area contributed by atoms with E-state index < -0.39 is 0 Å². The van der Waals surface area contributed by atoms with Crippen LogP contribution in [0.3, 0.4) is 0 Å². The second-order valence-electron chi connectivity index (χ2n) is 8.04. The van der Waals surface area contributed by atoms with Gasteiger partial charge in [0.25, 0.3) is 11.8 Å². The number of likely N-dealkylation sites (tertiary alicyclic amines) is 1. The summed E-state index contributed by atoms with van der Waals surface area (Å²) < 4.78 is 7.53. The smallest absolute Gasteiger partial charge is 0.270 e. The van der Waals surface area contributed by atoms with Crippen LogP contribution in [0.15, 0.2) is 18.5 Å². The van der Waals surface area contributed by atoms with Crippen molar-refractivity contribution in [3.8, 4) is 0 Å². The molecular weight excluding hydrogens is 439 g/mol. The van der Waals surface area contributed by atoms with Gasteiger partial charge in [-0.1, -0.05) is 30.1 Å². The SMILES string of the molecule is CCC(NC(=O)c1cc(C(=O)N2CCCC2C)n2c1COCC2)c1c(Cl)cncc1Cl. The van der Waals surface area contributed by atoms with Crippen molar-refractivity contribution in [3.05, 3.63) is 51.0 Å². The minimum absolute atomic E-state index is 0.0283. The summed E-state index contributed by atoms with van der Waals surface area (Å²) in [4.78, 5) is 32.4. The third kappa shape index (κ3) is 4.19. The summed E-state index contributed by atoms with van der Waals surface area (Å²) in [7, 11) is 0. The number of halogens is 2. The predicted molar refractivity (Wildman–Crippen MR) is 119 cm³/mol. The van der Waals surface area contributed by atoms with E-state index in [1.807, 2.05) is 16.4 Å². The quantitative estimate of drug-likeness (QED) is 0.718. The molecule has 7 nitrogen and oxygen atoms in total. The van der Waals surface area contributed by atoms with Gasteiger partial charge in [0.2, 0.25) is 0 Å². The van der Waals surface area contributed by atoms with E-state index in [-0.39, 0.29) is 23.9 Å². The molecular formula is C22H26Cl2N4O3. The van der Waals surface area contributed by atoms with E-state index in [9.17, 15) is 9.59 Å². The summed E-state index contributed by atoms with van der Waals surface area (Å²) in [6.07, 6.45) is 5.63. The average Bonchev–Trinajstić information content (AvgIpc) is 3.36. The maximum Gasteiger partial charge on any atom is 0.270 e. The van der Waals surface area contributed by atoms with Gasteiger partial charge >= 0.3 is 0 Å². The first kappa shape index (κ1) is 22.1. The molecule has 2 unspecified atom stereocenters. The number of pyridine rings is 1. The minimum atomic E-state index is -0.381. The number of carbonyl (C=O) groups is 2. The van der Waals surface area contributed by atoms with Gasteiger partial charge in [0.05, 0.1) is 40.6 Å². The number of fused-ring (bicyclic) bond motifs is 1. The highest BCUT2D eigenvalue weighted by Gasteiger charge is 2.32. The molecule has 166 valence electrons. The van der Waals surface area contributed by atoms with Crippen molar-refractivity contribution in [2.24, 2.45) is 0 Å². The van der Waals surface area contributed by atoms with E-state index in [1.165, 1.54) is 12.4 Å². The van der Waals surface area contributed by atoms with Gasteiger partial charge < -0.3 is 19.5 Å². The third-order valence-electron chi connectivity index (χ3n) is 6.14. The second-order valence-corrected chi connectivity index (χ2v) is 8.85. The Morgan fingerprint density at radius 1 is 1.29 bits per heavy atom. The molecule has 9 heteroatoms. The highest BCUT2D eigenvalue weighted by atomic mass is 35.5. The van der Waals surface area contributed by atoms with E-state index in [1.54, 1.807) is 6.07 Å². The van der Waals surface area contributed by atoms with Crippen molar-refractivity contribution >= 4 is 35.0 Å². The Morgan fingerprint density at radius 3 is 2.68 bits per heavy atom.